The molecular formula is C14H15BrFNO. The zero-order chi connectivity index (χ0) is 13.1. The second kappa shape index (κ2) is 5.67. The van der Waals surface area contributed by atoms with Gasteiger partial charge in [-0.2, -0.15) is 0 Å². The Kier molecular flexibility index (Phi) is 4.19. The van der Waals surface area contributed by atoms with Crippen LogP contribution in [0.5, 0.6) is 0 Å². The van der Waals surface area contributed by atoms with E-state index in [1.54, 1.807) is 6.07 Å². The second-order valence-corrected chi connectivity index (χ2v) is 5.20. The van der Waals surface area contributed by atoms with E-state index < -0.39 is 0 Å². The summed E-state index contributed by atoms with van der Waals surface area (Å²) in [5, 5.41) is 3.24. The van der Waals surface area contributed by atoms with Gasteiger partial charge in [0, 0.05) is 16.6 Å². The maximum atomic E-state index is 13.6. The minimum atomic E-state index is -0.209. The minimum Gasteiger partial charge on any atom is -0.465 e. The van der Waals surface area contributed by atoms with Crippen LogP contribution in [0.2, 0.25) is 0 Å². The number of furan rings is 1. The third-order valence-corrected chi connectivity index (χ3v) is 3.29. The zero-order valence-corrected chi connectivity index (χ0v) is 11.9. The van der Waals surface area contributed by atoms with Crippen molar-refractivity contribution in [1.29, 1.82) is 0 Å². The summed E-state index contributed by atoms with van der Waals surface area (Å²) < 4.78 is 19.9. The number of benzene rings is 1. The standard InChI is InChI=1S/C14H15BrFNO/c1-9-3-6-14(18-9)10(2)17-8-11-4-5-12(15)7-13(11)16/h3-7,10,17H,8H2,1-2H3. The molecule has 0 saturated heterocycles. The van der Waals surface area contributed by atoms with Gasteiger partial charge < -0.3 is 9.73 Å². The van der Waals surface area contributed by atoms with Gasteiger partial charge in [0.2, 0.25) is 0 Å². The molecule has 0 radical (unpaired) electrons. The first-order valence-corrected chi connectivity index (χ1v) is 6.59. The number of rotatable bonds is 4. The fourth-order valence-corrected chi connectivity index (χ4v) is 2.05. The van der Waals surface area contributed by atoms with Gasteiger partial charge in [0.15, 0.2) is 0 Å². The molecule has 0 amide bonds. The zero-order valence-electron chi connectivity index (χ0n) is 10.3. The van der Waals surface area contributed by atoms with E-state index in [4.69, 9.17) is 4.42 Å². The van der Waals surface area contributed by atoms with Gasteiger partial charge in [0.1, 0.15) is 17.3 Å². The molecule has 1 aromatic heterocycles. The SMILES string of the molecule is Cc1ccc(C(C)NCc2ccc(Br)cc2F)o1. The smallest absolute Gasteiger partial charge is 0.128 e. The van der Waals surface area contributed by atoms with Gasteiger partial charge in [-0.15, -0.1) is 0 Å². The Morgan fingerprint density at radius 1 is 1.33 bits per heavy atom. The van der Waals surface area contributed by atoms with E-state index in [2.05, 4.69) is 21.2 Å². The van der Waals surface area contributed by atoms with Crippen molar-refractivity contribution in [2.45, 2.75) is 26.4 Å². The van der Waals surface area contributed by atoms with E-state index in [1.807, 2.05) is 32.0 Å². The molecule has 0 aliphatic heterocycles. The molecular weight excluding hydrogens is 297 g/mol. The molecule has 1 atom stereocenters. The number of hydrogen-bond donors (Lipinski definition) is 1. The third kappa shape index (κ3) is 3.21. The van der Waals surface area contributed by atoms with Crippen molar-refractivity contribution in [3.8, 4) is 0 Å². The van der Waals surface area contributed by atoms with Gasteiger partial charge in [0.05, 0.1) is 6.04 Å². The minimum absolute atomic E-state index is 0.0572. The highest BCUT2D eigenvalue weighted by Crippen LogP contribution is 2.18. The number of nitrogens with one attached hydrogen (secondary N) is 1. The number of halogens is 2. The van der Waals surface area contributed by atoms with Gasteiger partial charge in [-0.1, -0.05) is 22.0 Å². The maximum Gasteiger partial charge on any atom is 0.128 e. The van der Waals surface area contributed by atoms with Gasteiger partial charge in [-0.25, -0.2) is 4.39 Å². The highest BCUT2D eigenvalue weighted by Gasteiger charge is 2.10. The first-order valence-electron chi connectivity index (χ1n) is 5.80. The van der Waals surface area contributed by atoms with Crippen LogP contribution in [-0.2, 0) is 6.54 Å². The summed E-state index contributed by atoms with van der Waals surface area (Å²) in [6, 6.07) is 8.99. The Hall–Kier alpha value is -1.13. The quantitative estimate of drug-likeness (QED) is 0.908. The summed E-state index contributed by atoms with van der Waals surface area (Å²) in [6.45, 7) is 4.37. The van der Waals surface area contributed by atoms with E-state index in [0.717, 1.165) is 16.0 Å². The molecule has 1 heterocycles. The fraction of sp³-hybridized carbons (Fsp3) is 0.286. The number of hydrogen-bond acceptors (Lipinski definition) is 2. The van der Waals surface area contributed by atoms with Gasteiger partial charge in [-0.3, -0.25) is 0 Å². The molecule has 1 aromatic carbocycles. The molecule has 2 rings (SSSR count). The summed E-state index contributed by atoms with van der Waals surface area (Å²) >= 11 is 3.24. The van der Waals surface area contributed by atoms with Crippen LogP contribution in [-0.4, -0.2) is 0 Å². The van der Waals surface area contributed by atoms with Crippen LogP contribution in [0.3, 0.4) is 0 Å². The molecule has 2 aromatic rings. The molecule has 4 heteroatoms. The lowest BCUT2D eigenvalue weighted by Crippen LogP contribution is -2.18. The van der Waals surface area contributed by atoms with Crippen LogP contribution in [0.15, 0.2) is 39.2 Å². The second-order valence-electron chi connectivity index (χ2n) is 4.29. The van der Waals surface area contributed by atoms with Crippen molar-refractivity contribution in [3.05, 3.63) is 57.7 Å². The highest BCUT2D eigenvalue weighted by atomic mass is 79.9. The van der Waals surface area contributed by atoms with E-state index in [-0.39, 0.29) is 11.9 Å². The average Bonchev–Trinajstić information content (AvgIpc) is 2.74. The fourth-order valence-electron chi connectivity index (χ4n) is 1.71. The third-order valence-electron chi connectivity index (χ3n) is 2.80. The molecule has 0 saturated carbocycles. The Bertz CT molecular complexity index is 538. The van der Waals surface area contributed by atoms with Gasteiger partial charge >= 0.3 is 0 Å². The van der Waals surface area contributed by atoms with Crippen LogP contribution in [0.1, 0.15) is 30.0 Å². The van der Waals surface area contributed by atoms with E-state index in [9.17, 15) is 4.39 Å². The number of aryl methyl sites for hydroxylation is 1. The average molecular weight is 312 g/mol. The highest BCUT2D eigenvalue weighted by molar-refractivity contribution is 9.10. The molecule has 2 nitrogen and oxygen atoms in total. The van der Waals surface area contributed by atoms with Crippen molar-refractivity contribution in [3.63, 3.8) is 0 Å². The first-order chi connectivity index (χ1) is 8.56. The topological polar surface area (TPSA) is 25.2 Å². The van der Waals surface area contributed by atoms with Gasteiger partial charge in [-0.05, 0) is 38.1 Å². The van der Waals surface area contributed by atoms with Crippen molar-refractivity contribution < 1.29 is 8.81 Å². The molecule has 96 valence electrons. The van der Waals surface area contributed by atoms with E-state index in [0.29, 0.717) is 12.1 Å². The normalized spacial score (nSPS) is 12.7. The van der Waals surface area contributed by atoms with Crippen molar-refractivity contribution >= 4 is 15.9 Å². The Morgan fingerprint density at radius 2 is 2.11 bits per heavy atom. The van der Waals surface area contributed by atoms with Crippen LogP contribution in [0.4, 0.5) is 4.39 Å². The maximum absolute atomic E-state index is 13.6. The van der Waals surface area contributed by atoms with Crippen molar-refractivity contribution in [1.82, 2.24) is 5.32 Å². The lowest BCUT2D eigenvalue weighted by atomic mass is 10.2. The molecule has 1 N–H and O–H groups in total. The molecule has 0 aliphatic rings. The summed E-state index contributed by atoms with van der Waals surface area (Å²) in [7, 11) is 0. The monoisotopic (exact) mass is 311 g/mol. The Labute approximate surface area is 114 Å². The molecule has 0 fully saturated rings. The van der Waals surface area contributed by atoms with Gasteiger partial charge in [0.25, 0.3) is 0 Å². The molecule has 0 bridgehead atoms. The summed E-state index contributed by atoms with van der Waals surface area (Å²) in [6.07, 6.45) is 0. The van der Waals surface area contributed by atoms with E-state index >= 15 is 0 Å². The Balaban J connectivity index is 1.99. The molecule has 1 unspecified atom stereocenters. The first kappa shape index (κ1) is 13.3. The molecule has 0 aliphatic carbocycles. The summed E-state index contributed by atoms with van der Waals surface area (Å²) in [5.41, 5.74) is 0.647. The predicted octanol–water partition coefficient (Wildman–Crippen LogP) is 4.34. The van der Waals surface area contributed by atoms with Crippen LogP contribution < -0.4 is 5.32 Å². The summed E-state index contributed by atoms with van der Waals surface area (Å²) in [4.78, 5) is 0. The van der Waals surface area contributed by atoms with Crippen LogP contribution >= 0.6 is 15.9 Å². The summed E-state index contributed by atoms with van der Waals surface area (Å²) in [5.74, 6) is 1.54. The lowest BCUT2D eigenvalue weighted by Gasteiger charge is -2.12. The van der Waals surface area contributed by atoms with Crippen molar-refractivity contribution in [2.75, 3.05) is 0 Å². The largest absolute Gasteiger partial charge is 0.465 e. The van der Waals surface area contributed by atoms with Crippen LogP contribution in [0, 0.1) is 12.7 Å². The molecule has 18 heavy (non-hydrogen) atoms. The Morgan fingerprint density at radius 3 is 2.72 bits per heavy atom. The van der Waals surface area contributed by atoms with Crippen molar-refractivity contribution in [2.24, 2.45) is 0 Å². The van der Waals surface area contributed by atoms with E-state index in [1.165, 1.54) is 6.07 Å². The lowest BCUT2D eigenvalue weighted by molar-refractivity contribution is 0.413. The van der Waals surface area contributed by atoms with Crippen LogP contribution in [0.25, 0.3) is 0 Å². The predicted molar refractivity (Wildman–Crippen MR) is 72.8 cm³/mol. The molecule has 0 spiro atoms.